The number of phenolic OH excluding ortho intramolecular Hbond substituents is 1. The summed E-state index contributed by atoms with van der Waals surface area (Å²) >= 11 is 0. The molecular formula is C19H24O3. The highest BCUT2D eigenvalue weighted by atomic mass is 16.7. The minimum atomic E-state index is 0.260. The topological polar surface area (TPSA) is 38.7 Å². The molecule has 118 valence electrons. The third-order valence-corrected chi connectivity index (χ3v) is 3.70. The van der Waals surface area contributed by atoms with Crippen molar-refractivity contribution in [2.75, 3.05) is 13.9 Å². The molecule has 22 heavy (non-hydrogen) atoms. The van der Waals surface area contributed by atoms with E-state index in [4.69, 9.17) is 9.47 Å². The maximum absolute atomic E-state index is 9.62. The van der Waals surface area contributed by atoms with Gasteiger partial charge in [-0.05, 0) is 53.6 Å². The molecule has 0 aromatic heterocycles. The Labute approximate surface area is 132 Å². The normalized spacial score (nSPS) is 11.0. The van der Waals surface area contributed by atoms with E-state index in [-0.39, 0.29) is 6.79 Å². The van der Waals surface area contributed by atoms with Gasteiger partial charge in [0.1, 0.15) is 11.5 Å². The first kappa shape index (κ1) is 16.4. The molecule has 0 aliphatic rings. The van der Waals surface area contributed by atoms with E-state index in [2.05, 4.69) is 26.0 Å². The van der Waals surface area contributed by atoms with Crippen LogP contribution in [0.25, 0.3) is 0 Å². The van der Waals surface area contributed by atoms with E-state index in [1.165, 1.54) is 16.7 Å². The monoisotopic (exact) mass is 300 g/mol. The standard InChI is InChI=1S/C19H24O3/c1-13(2)17-11-16(6-8-19(17)22-12-21-4)10-15-5-7-18(20)14(3)9-15/h5-9,11,13,20H,10,12H2,1-4H3. The smallest absolute Gasteiger partial charge is 0.188 e. The summed E-state index contributed by atoms with van der Waals surface area (Å²) in [5, 5.41) is 9.62. The van der Waals surface area contributed by atoms with Gasteiger partial charge in [0.05, 0.1) is 0 Å². The molecule has 1 N–H and O–H groups in total. The summed E-state index contributed by atoms with van der Waals surface area (Å²) in [6, 6.07) is 12.0. The van der Waals surface area contributed by atoms with E-state index in [1.807, 2.05) is 25.1 Å². The SMILES string of the molecule is COCOc1ccc(Cc2ccc(O)c(C)c2)cc1C(C)C. The van der Waals surface area contributed by atoms with Crippen LogP contribution in [-0.2, 0) is 11.2 Å². The molecule has 3 nitrogen and oxygen atoms in total. The van der Waals surface area contributed by atoms with Crippen LogP contribution in [0.2, 0.25) is 0 Å². The largest absolute Gasteiger partial charge is 0.508 e. The van der Waals surface area contributed by atoms with E-state index in [0.29, 0.717) is 11.7 Å². The van der Waals surface area contributed by atoms with Gasteiger partial charge in [-0.2, -0.15) is 0 Å². The van der Waals surface area contributed by atoms with Gasteiger partial charge in [0.2, 0.25) is 0 Å². The fourth-order valence-corrected chi connectivity index (χ4v) is 2.48. The maximum atomic E-state index is 9.62. The predicted molar refractivity (Wildman–Crippen MR) is 88.7 cm³/mol. The van der Waals surface area contributed by atoms with Crippen LogP contribution in [0.3, 0.4) is 0 Å². The molecule has 0 spiro atoms. The minimum absolute atomic E-state index is 0.260. The summed E-state index contributed by atoms with van der Waals surface area (Å²) in [4.78, 5) is 0. The number of hydrogen-bond donors (Lipinski definition) is 1. The fourth-order valence-electron chi connectivity index (χ4n) is 2.48. The summed E-state index contributed by atoms with van der Waals surface area (Å²) in [6.07, 6.45) is 0.839. The first-order valence-corrected chi connectivity index (χ1v) is 7.54. The van der Waals surface area contributed by atoms with E-state index in [1.54, 1.807) is 13.2 Å². The molecule has 0 amide bonds. The molecule has 0 saturated heterocycles. The number of phenols is 1. The quantitative estimate of drug-likeness (QED) is 0.804. The van der Waals surface area contributed by atoms with Gasteiger partial charge in [0, 0.05) is 7.11 Å². The van der Waals surface area contributed by atoms with Crippen molar-refractivity contribution in [3.63, 3.8) is 0 Å². The summed E-state index contributed by atoms with van der Waals surface area (Å²) in [6.45, 7) is 6.49. The van der Waals surface area contributed by atoms with E-state index >= 15 is 0 Å². The summed E-state index contributed by atoms with van der Waals surface area (Å²) in [5.74, 6) is 1.60. The van der Waals surface area contributed by atoms with Crippen molar-refractivity contribution in [3.05, 3.63) is 58.7 Å². The molecule has 0 fully saturated rings. The third kappa shape index (κ3) is 4.01. The van der Waals surface area contributed by atoms with Gasteiger partial charge in [-0.25, -0.2) is 0 Å². The Morgan fingerprint density at radius 3 is 2.36 bits per heavy atom. The minimum Gasteiger partial charge on any atom is -0.508 e. The van der Waals surface area contributed by atoms with Crippen LogP contribution in [-0.4, -0.2) is 19.0 Å². The molecule has 0 aliphatic heterocycles. The molecule has 2 rings (SSSR count). The number of benzene rings is 2. The van der Waals surface area contributed by atoms with Crippen LogP contribution < -0.4 is 4.74 Å². The molecule has 2 aromatic rings. The lowest BCUT2D eigenvalue weighted by Crippen LogP contribution is -2.03. The van der Waals surface area contributed by atoms with Gasteiger partial charge in [0.15, 0.2) is 6.79 Å². The summed E-state index contributed by atoms with van der Waals surface area (Å²) in [5.41, 5.74) is 4.51. The average molecular weight is 300 g/mol. The van der Waals surface area contributed by atoms with Gasteiger partial charge in [-0.1, -0.05) is 38.1 Å². The fraction of sp³-hybridized carbons (Fsp3) is 0.368. The van der Waals surface area contributed by atoms with Crippen LogP contribution in [0.4, 0.5) is 0 Å². The Morgan fingerprint density at radius 1 is 1.05 bits per heavy atom. The molecule has 0 bridgehead atoms. The number of ether oxygens (including phenoxy) is 2. The molecule has 0 aliphatic carbocycles. The van der Waals surface area contributed by atoms with Crippen LogP contribution in [0.15, 0.2) is 36.4 Å². The first-order chi connectivity index (χ1) is 10.5. The Bertz CT molecular complexity index is 633. The van der Waals surface area contributed by atoms with Gasteiger partial charge in [-0.3, -0.25) is 0 Å². The Morgan fingerprint density at radius 2 is 1.73 bits per heavy atom. The molecule has 0 unspecified atom stereocenters. The Kier molecular flexibility index (Phi) is 5.45. The predicted octanol–water partition coefficient (Wildman–Crippen LogP) is 4.40. The van der Waals surface area contributed by atoms with Crippen molar-refractivity contribution >= 4 is 0 Å². The first-order valence-electron chi connectivity index (χ1n) is 7.54. The van der Waals surface area contributed by atoms with Crippen molar-refractivity contribution in [3.8, 4) is 11.5 Å². The second-order valence-electron chi connectivity index (χ2n) is 5.88. The van der Waals surface area contributed by atoms with Crippen molar-refractivity contribution in [2.45, 2.75) is 33.1 Å². The zero-order valence-corrected chi connectivity index (χ0v) is 13.7. The summed E-state index contributed by atoms with van der Waals surface area (Å²) < 4.78 is 10.6. The summed E-state index contributed by atoms with van der Waals surface area (Å²) in [7, 11) is 1.62. The average Bonchev–Trinajstić information content (AvgIpc) is 2.49. The molecular weight excluding hydrogens is 276 g/mol. The highest BCUT2D eigenvalue weighted by molar-refractivity contribution is 5.42. The third-order valence-electron chi connectivity index (χ3n) is 3.70. The lowest BCUT2D eigenvalue weighted by Gasteiger charge is -2.15. The van der Waals surface area contributed by atoms with Crippen molar-refractivity contribution in [2.24, 2.45) is 0 Å². The second-order valence-corrected chi connectivity index (χ2v) is 5.88. The molecule has 2 aromatic carbocycles. The molecule has 0 saturated carbocycles. The maximum Gasteiger partial charge on any atom is 0.188 e. The molecule has 0 atom stereocenters. The van der Waals surface area contributed by atoms with Gasteiger partial charge < -0.3 is 14.6 Å². The lowest BCUT2D eigenvalue weighted by molar-refractivity contribution is 0.0502. The van der Waals surface area contributed by atoms with Crippen LogP contribution >= 0.6 is 0 Å². The van der Waals surface area contributed by atoms with E-state index in [9.17, 15) is 5.11 Å². The molecule has 0 radical (unpaired) electrons. The lowest BCUT2D eigenvalue weighted by atomic mass is 9.96. The zero-order chi connectivity index (χ0) is 16.1. The second kappa shape index (κ2) is 7.32. The molecule has 0 heterocycles. The van der Waals surface area contributed by atoms with Gasteiger partial charge >= 0.3 is 0 Å². The van der Waals surface area contributed by atoms with Crippen molar-refractivity contribution in [1.82, 2.24) is 0 Å². The number of rotatable bonds is 6. The Balaban J connectivity index is 2.24. The highest BCUT2D eigenvalue weighted by Crippen LogP contribution is 2.29. The molecule has 3 heteroatoms. The van der Waals surface area contributed by atoms with Crippen LogP contribution in [0.5, 0.6) is 11.5 Å². The van der Waals surface area contributed by atoms with Crippen LogP contribution in [0, 0.1) is 6.92 Å². The van der Waals surface area contributed by atoms with E-state index < -0.39 is 0 Å². The highest BCUT2D eigenvalue weighted by Gasteiger charge is 2.10. The zero-order valence-electron chi connectivity index (χ0n) is 13.7. The van der Waals surface area contributed by atoms with Gasteiger partial charge in [0.25, 0.3) is 0 Å². The van der Waals surface area contributed by atoms with Crippen LogP contribution in [0.1, 0.15) is 42.0 Å². The van der Waals surface area contributed by atoms with Crippen molar-refractivity contribution in [1.29, 1.82) is 0 Å². The number of aryl methyl sites for hydroxylation is 1. The van der Waals surface area contributed by atoms with Gasteiger partial charge in [-0.15, -0.1) is 0 Å². The number of hydrogen-bond acceptors (Lipinski definition) is 3. The Hall–Kier alpha value is -2.00. The van der Waals surface area contributed by atoms with E-state index in [0.717, 1.165) is 17.7 Å². The number of aromatic hydroxyl groups is 1. The number of methoxy groups -OCH3 is 1. The van der Waals surface area contributed by atoms with Crippen molar-refractivity contribution < 1.29 is 14.6 Å².